The maximum Gasteiger partial charge on any atom is 0.299 e. The van der Waals surface area contributed by atoms with Crippen molar-refractivity contribution in [1.82, 2.24) is 20.0 Å². The van der Waals surface area contributed by atoms with E-state index in [9.17, 15) is 4.79 Å². The number of rotatable bonds is 1. The first-order chi connectivity index (χ1) is 10.2. The minimum Gasteiger partial charge on any atom is -0.288 e. The monoisotopic (exact) mass is 280 g/mol. The number of fused-ring (bicyclic) bond motifs is 3. The molecule has 1 aliphatic carbocycles. The van der Waals surface area contributed by atoms with Crippen LogP contribution < -0.4 is 5.56 Å². The predicted molar refractivity (Wildman–Crippen MR) is 80.9 cm³/mol. The van der Waals surface area contributed by atoms with Crippen molar-refractivity contribution in [2.24, 2.45) is 0 Å². The van der Waals surface area contributed by atoms with Gasteiger partial charge >= 0.3 is 0 Å². The Kier molecular flexibility index (Phi) is 2.67. The van der Waals surface area contributed by atoms with Gasteiger partial charge in [-0.05, 0) is 50.3 Å². The molecule has 3 aromatic rings. The topological polar surface area (TPSA) is 63.6 Å². The molecule has 5 heteroatoms. The van der Waals surface area contributed by atoms with Gasteiger partial charge in [0.2, 0.25) is 0 Å². The van der Waals surface area contributed by atoms with Crippen LogP contribution in [0.2, 0.25) is 0 Å². The lowest BCUT2D eigenvalue weighted by molar-refractivity contribution is 0.661. The van der Waals surface area contributed by atoms with Crippen molar-refractivity contribution in [2.75, 3.05) is 0 Å². The summed E-state index contributed by atoms with van der Waals surface area (Å²) in [4.78, 5) is 12.6. The number of aryl methyl sites for hydroxylation is 3. The molecule has 0 saturated heterocycles. The maximum atomic E-state index is 12.6. The Morgan fingerprint density at radius 3 is 2.90 bits per heavy atom. The van der Waals surface area contributed by atoms with Crippen LogP contribution in [-0.4, -0.2) is 20.0 Å². The molecule has 2 aromatic heterocycles. The molecule has 0 saturated carbocycles. The number of H-pyrrole nitrogens is 1. The second-order valence-electron chi connectivity index (χ2n) is 5.65. The highest BCUT2D eigenvalue weighted by atomic mass is 16.1. The number of benzene rings is 1. The molecule has 1 N–H and O–H groups in total. The van der Waals surface area contributed by atoms with Crippen molar-refractivity contribution >= 4 is 11.0 Å². The van der Waals surface area contributed by atoms with Gasteiger partial charge in [-0.15, -0.1) is 5.10 Å². The normalized spacial score (nSPS) is 14.3. The lowest BCUT2D eigenvalue weighted by atomic mass is 9.96. The highest BCUT2D eigenvalue weighted by molar-refractivity contribution is 5.78. The summed E-state index contributed by atoms with van der Waals surface area (Å²) in [5.41, 5.74) is 5.31. The van der Waals surface area contributed by atoms with Crippen molar-refractivity contribution in [2.45, 2.75) is 32.6 Å². The molecule has 0 radical (unpaired) electrons. The molecule has 0 spiro atoms. The summed E-state index contributed by atoms with van der Waals surface area (Å²) in [7, 11) is 0. The number of nitrogens with zero attached hydrogens (tertiary/aromatic N) is 3. The van der Waals surface area contributed by atoms with Crippen molar-refractivity contribution < 1.29 is 0 Å². The third kappa shape index (κ3) is 1.88. The Morgan fingerprint density at radius 2 is 2.05 bits per heavy atom. The van der Waals surface area contributed by atoms with Crippen LogP contribution in [0.4, 0.5) is 0 Å². The van der Waals surface area contributed by atoms with E-state index in [1.54, 1.807) is 4.68 Å². The summed E-state index contributed by atoms with van der Waals surface area (Å²) in [5.74, 6) is 0. The predicted octanol–water partition coefficient (Wildman–Crippen LogP) is 2.30. The van der Waals surface area contributed by atoms with E-state index in [-0.39, 0.29) is 5.56 Å². The standard InChI is InChI=1S/C16H16N4O/c1-10-5-4-6-11(9-10)20-16(21)15-14(19-20)12-7-2-3-8-13(12)17-18-15/h4-6,9,19H,2-3,7-8H2,1H3. The van der Waals surface area contributed by atoms with E-state index in [0.717, 1.165) is 53.7 Å². The fraction of sp³-hybridized carbons (Fsp3) is 0.312. The van der Waals surface area contributed by atoms with Gasteiger partial charge in [0.25, 0.3) is 5.56 Å². The summed E-state index contributed by atoms with van der Waals surface area (Å²) in [6.07, 6.45) is 4.21. The van der Waals surface area contributed by atoms with Crippen molar-refractivity contribution in [3.8, 4) is 5.69 Å². The molecule has 5 nitrogen and oxygen atoms in total. The molecule has 0 unspecified atom stereocenters. The maximum absolute atomic E-state index is 12.6. The Hall–Kier alpha value is -2.43. The van der Waals surface area contributed by atoms with Crippen molar-refractivity contribution in [3.05, 3.63) is 51.4 Å². The highest BCUT2D eigenvalue weighted by Gasteiger charge is 2.19. The molecular weight excluding hydrogens is 264 g/mol. The van der Waals surface area contributed by atoms with Gasteiger partial charge in [-0.2, -0.15) is 5.10 Å². The first kappa shape index (κ1) is 12.3. The summed E-state index contributed by atoms with van der Waals surface area (Å²) in [6, 6.07) is 7.86. The van der Waals surface area contributed by atoms with E-state index in [1.165, 1.54) is 0 Å². The van der Waals surface area contributed by atoms with Crippen molar-refractivity contribution in [1.29, 1.82) is 0 Å². The van der Waals surface area contributed by atoms with Gasteiger partial charge in [0.15, 0.2) is 5.52 Å². The Bertz CT molecular complexity index is 891. The van der Waals surface area contributed by atoms with Crippen LogP contribution in [0.25, 0.3) is 16.7 Å². The smallest absolute Gasteiger partial charge is 0.288 e. The quantitative estimate of drug-likeness (QED) is 0.744. The van der Waals surface area contributed by atoms with Gasteiger partial charge in [0.1, 0.15) is 0 Å². The zero-order valence-corrected chi connectivity index (χ0v) is 11.9. The first-order valence-electron chi connectivity index (χ1n) is 7.30. The molecule has 21 heavy (non-hydrogen) atoms. The molecule has 0 bridgehead atoms. The van der Waals surface area contributed by atoms with Crippen LogP contribution in [0.15, 0.2) is 29.1 Å². The van der Waals surface area contributed by atoms with Gasteiger partial charge in [0, 0.05) is 5.56 Å². The van der Waals surface area contributed by atoms with E-state index < -0.39 is 0 Å². The highest BCUT2D eigenvalue weighted by Crippen LogP contribution is 2.24. The Morgan fingerprint density at radius 1 is 1.19 bits per heavy atom. The van der Waals surface area contributed by atoms with Gasteiger partial charge < -0.3 is 0 Å². The zero-order chi connectivity index (χ0) is 14.4. The molecule has 1 aromatic carbocycles. The van der Waals surface area contributed by atoms with Gasteiger partial charge in [-0.25, -0.2) is 4.68 Å². The minimum absolute atomic E-state index is 0.128. The third-order valence-corrected chi connectivity index (χ3v) is 4.14. The molecule has 2 heterocycles. The molecule has 0 fully saturated rings. The van der Waals surface area contributed by atoms with E-state index >= 15 is 0 Å². The van der Waals surface area contributed by atoms with Crippen LogP contribution >= 0.6 is 0 Å². The largest absolute Gasteiger partial charge is 0.299 e. The van der Waals surface area contributed by atoms with E-state index in [4.69, 9.17) is 0 Å². The van der Waals surface area contributed by atoms with E-state index in [2.05, 4.69) is 15.3 Å². The average Bonchev–Trinajstić information content (AvgIpc) is 2.85. The van der Waals surface area contributed by atoms with E-state index in [0.29, 0.717) is 5.52 Å². The second-order valence-corrected chi connectivity index (χ2v) is 5.65. The van der Waals surface area contributed by atoms with Gasteiger partial charge in [0.05, 0.1) is 16.9 Å². The summed E-state index contributed by atoms with van der Waals surface area (Å²) >= 11 is 0. The Labute approximate surface area is 121 Å². The Balaban J connectivity index is 2.00. The van der Waals surface area contributed by atoms with Crippen molar-refractivity contribution in [3.63, 3.8) is 0 Å². The van der Waals surface area contributed by atoms with Crippen LogP contribution in [0.5, 0.6) is 0 Å². The average molecular weight is 280 g/mol. The van der Waals surface area contributed by atoms with Crippen LogP contribution in [0.3, 0.4) is 0 Å². The van der Waals surface area contributed by atoms with Gasteiger partial charge in [-0.3, -0.25) is 9.89 Å². The fourth-order valence-electron chi connectivity index (χ4n) is 3.06. The van der Waals surface area contributed by atoms with Crippen LogP contribution in [0.1, 0.15) is 29.7 Å². The van der Waals surface area contributed by atoms with Gasteiger partial charge in [-0.1, -0.05) is 12.1 Å². The lowest BCUT2D eigenvalue weighted by Crippen LogP contribution is -2.15. The van der Waals surface area contributed by atoms with Crippen LogP contribution in [0, 0.1) is 6.92 Å². The zero-order valence-electron chi connectivity index (χ0n) is 11.9. The lowest BCUT2D eigenvalue weighted by Gasteiger charge is -2.13. The number of nitrogens with one attached hydrogen (secondary N) is 1. The summed E-state index contributed by atoms with van der Waals surface area (Å²) < 4.78 is 1.57. The van der Waals surface area contributed by atoms with Crippen LogP contribution in [-0.2, 0) is 12.8 Å². The number of aromatic amines is 1. The molecule has 1 aliphatic rings. The number of hydrogen-bond acceptors (Lipinski definition) is 3. The molecule has 0 amide bonds. The molecule has 106 valence electrons. The summed E-state index contributed by atoms with van der Waals surface area (Å²) in [6.45, 7) is 2.01. The summed E-state index contributed by atoms with van der Waals surface area (Å²) in [5, 5.41) is 11.6. The first-order valence-corrected chi connectivity index (χ1v) is 7.30. The molecule has 4 rings (SSSR count). The number of hydrogen-bond donors (Lipinski definition) is 1. The number of aromatic nitrogens is 4. The molecular formula is C16H16N4O. The SMILES string of the molecule is Cc1cccc(-n2[nH]c3c4c(nnc3c2=O)CCCC4)c1. The molecule has 0 atom stereocenters. The fourth-order valence-corrected chi connectivity index (χ4v) is 3.06. The minimum atomic E-state index is -0.128. The molecule has 0 aliphatic heterocycles. The third-order valence-electron chi connectivity index (χ3n) is 4.14. The van der Waals surface area contributed by atoms with E-state index in [1.807, 2.05) is 31.2 Å². The second kappa shape index (κ2) is 4.55.